The van der Waals surface area contributed by atoms with E-state index in [1.807, 2.05) is 18.5 Å². The monoisotopic (exact) mass is 506 g/mol. The van der Waals surface area contributed by atoms with Gasteiger partial charge in [-0.05, 0) is 53.8 Å². The van der Waals surface area contributed by atoms with Gasteiger partial charge in [0.1, 0.15) is 11.2 Å². The van der Waals surface area contributed by atoms with E-state index in [-0.39, 0.29) is 5.82 Å². The third kappa shape index (κ3) is 5.69. The van der Waals surface area contributed by atoms with E-state index in [0.29, 0.717) is 17.7 Å². The molecule has 0 aliphatic rings. The molecule has 0 unspecified atom stereocenters. The predicted octanol–water partition coefficient (Wildman–Crippen LogP) is 3.53. The number of H-pyrrole nitrogens is 1. The fraction of sp³-hybridized carbons (Fsp3) is 0.160. The number of nitrogens with zero attached hydrogens (tertiary/aromatic N) is 3. The summed E-state index contributed by atoms with van der Waals surface area (Å²) in [6.45, 7) is -0.394. The molecule has 36 heavy (non-hydrogen) atoms. The number of nitrogens with one attached hydrogen (secondary N) is 1. The summed E-state index contributed by atoms with van der Waals surface area (Å²) in [6.07, 6.45) is 7.80. The van der Waals surface area contributed by atoms with Crippen molar-refractivity contribution in [2.75, 3.05) is 5.73 Å². The lowest BCUT2D eigenvalue weighted by molar-refractivity contribution is -0.711. The molecule has 0 aliphatic heterocycles. The summed E-state index contributed by atoms with van der Waals surface area (Å²) >= 11 is 0. The minimum absolute atomic E-state index is 0.240. The van der Waals surface area contributed by atoms with Crippen molar-refractivity contribution in [3.05, 3.63) is 95.6 Å². The second kappa shape index (κ2) is 10.0. The first-order valence-electron chi connectivity index (χ1n) is 11.3. The van der Waals surface area contributed by atoms with Crippen LogP contribution >= 0.6 is 7.82 Å². The van der Waals surface area contributed by atoms with Gasteiger partial charge in [-0.25, -0.2) is 18.6 Å². The van der Waals surface area contributed by atoms with Gasteiger partial charge in [-0.2, -0.15) is 0 Å². The van der Waals surface area contributed by atoms with Crippen LogP contribution < -0.4 is 10.3 Å². The third-order valence-electron chi connectivity index (χ3n) is 5.87. The number of hydrogen-bond donors (Lipinski definition) is 4. The number of fused-ring (bicyclic) bond motifs is 1. The standard InChI is InChI=1S/C25H24N5O5P/c26-24-22(2-1-11-30(24)16-34-36(31,32)33)23-14-21(29-35-23)13-18-6-3-17(4-7-18)5-8-19-12-20-9-10-27-25(20)28-15-19/h1-4,6-7,9-12,14-15,26H,5,8,13,16H2,(H3,27,28,31,32,33)/p+1. The van der Waals surface area contributed by atoms with Gasteiger partial charge in [0, 0.05) is 30.3 Å². The lowest BCUT2D eigenvalue weighted by Crippen LogP contribution is -2.38. The molecule has 4 aromatic heterocycles. The highest BCUT2D eigenvalue weighted by molar-refractivity contribution is 7.46. The van der Waals surface area contributed by atoms with Gasteiger partial charge in [0.15, 0.2) is 5.76 Å². The SMILES string of the molecule is Nc1c(-c2cc(Cc3ccc(CCc4cnc5[nH]ccc5c4)cc3)no2)ccc[n+]1COP(=O)(O)O. The van der Waals surface area contributed by atoms with Gasteiger partial charge >= 0.3 is 7.82 Å². The van der Waals surface area contributed by atoms with E-state index in [9.17, 15) is 4.57 Å². The van der Waals surface area contributed by atoms with Gasteiger partial charge in [-0.1, -0.05) is 29.4 Å². The summed E-state index contributed by atoms with van der Waals surface area (Å²) in [6, 6.07) is 17.8. The molecule has 0 bridgehead atoms. The molecule has 0 atom stereocenters. The maximum atomic E-state index is 11.0. The first-order valence-corrected chi connectivity index (χ1v) is 12.8. The Morgan fingerprint density at radius 1 is 1.06 bits per heavy atom. The van der Waals surface area contributed by atoms with Gasteiger partial charge in [0.05, 0.1) is 11.9 Å². The number of nitrogen functional groups attached to an aromatic ring is 1. The zero-order chi connectivity index (χ0) is 25.1. The van der Waals surface area contributed by atoms with E-state index >= 15 is 0 Å². The van der Waals surface area contributed by atoms with Gasteiger partial charge < -0.3 is 19.3 Å². The molecule has 0 saturated carbocycles. The maximum Gasteiger partial charge on any atom is 0.472 e. The van der Waals surface area contributed by atoms with Crippen molar-refractivity contribution in [3.8, 4) is 11.3 Å². The van der Waals surface area contributed by atoms with Crippen molar-refractivity contribution in [2.24, 2.45) is 0 Å². The van der Waals surface area contributed by atoms with E-state index in [1.54, 1.807) is 24.4 Å². The molecule has 5 N–H and O–H groups in total. The van der Waals surface area contributed by atoms with Crippen LogP contribution in [0.2, 0.25) is 0 Å². The smallest absolute Gasteiger partial charge is 0.356 e. The zero-order valence-electron chi connectivity index (χ0n) is 19.2. The van der Waals surface area contributed by atoms with Crippen LogP contribution in [-0.4, -0.2) is 24.9 Å². The molecule has 0 amide bonds. The van der Waals surface area contributed by atoms with Crippen LogP contribution in [0.5, 0.6) is 0 Å². The number of phosphoric ester groups is 1. The lowest BCUT2D eigenvalue weighted by atomic mass is 10.0. The summed E-state index contributed by atoms with van der Waals surface area (Å²) in [5.41, 5.74) is 11.9. The average Bonchev–Trinajstić information content (AvgIpc) is 3.52. The van der Waals surface area contributed by atoms with Crippen molar-refractivity contribution >= 4 is 24.7 Å². The molecule has 5 rings (SSSR count). The molecule has 10 nitrogen and oxygen atoms in total. The van der Waals surface area contributed by atoms with Crippen molar-refractivity contribution in [1.29, 1.82) is 0 Å². The van der Waals surface area contributed by atoms with Crippen LogP contribution in [0.3, 0.4) is 0 Å². The molecule has 0 aliphatic carbocycles. The Kier molecular flexibility index (Phi) is 6.67. The van der Waals surface area contributed by atoms with Crippen LogP contribution in [0.4, 0.5) is 5.82 Å². The molecule has 0 radical (unpaired) electrons. The largest absolute Gasteiger partial charge is 0.472 e. The van der Waals surface area contributed by atoms with E-state index < -0.39 is 14.6 Å². The third-order valence-corrected chi connectivity index (χ3v) is 6.32. The Morgan fingerprint density at radius 3 is 2.64 bits per heavy atom. The Balaban J connectivity index is 1.21. The summed E-state index contributed by atoms with van der Waals surface area (Å²) in [5.74, 6) is 0.696. The predicted molar refractivity (Wildman–Crippen MR) is 132 cm³/mol. The van der Waals surface area contributed by atoms with Crippen LogP contribution in [0.25, 0.3) is 22.4 Å². The number of aromatic amines is 1. The highest BCUT2D eigenvalue weighted by Crippen LogP contribution is 2.35. The van der Waals surface area contributed by atoms with Crippen LogP contribution in [0, 0.1) is 0 Å². The van der Waals surface area contributed by atoms with E-state index in [4.69, 9.17) is 20.0 Å². The number of aryl methyl sites for hydroxylation is 2. The molecule has 0 fully saturated rings. The van der Waals surface area contributed by atoms with Crippen LogP contribution in [0.15, 0.2) is 77.7 Å². The Hall–Kier alpha value is -3.82. The molecular weight excluding hydrogens is 481 g/mol. The van der Waals surface area contributed by atoms with Crippen LogP contribution in [-0.2, 0) is 35.1 Å². The molecular formula is C25H25N5O5P+. The van der Waals surface area contributed by atoms with Gasteiger partial charge in [0.25, 0.3) is 5.82 Å². The minimum Gasteiger partial charge on any atom is -0.356 e. The summed E-state index contributed by atoms with van der Waals surface area (Å²) < 4.78 is 22.4. The number of nitrogens with two attached hydrogens (primary N) is 1. The maximum absolute atomic E-state index is 11.0. The molecule has 11 heteroatoms. The summed E-state index contributed by atoms with van der Waals surface area (Å²) in [5, 5.41) is 5.28. The van der Waals surface area contributed by atoms with Crippen molar-refractivity contribution in [3.63, 3.8) is 0 Å². The van der Waals surface area contributed by atoms with Crippen molar-refractivity contribution < 1.29 is 28.0 Å². The number of aromatic nitrogens is 4. The van der Waals surface area contributed by atoms with Gasteiger partial charge in [-0.15, -0.1) is 0 Å². The molecule has 184 valence electrons. The van der Waals surface area contributed by atoms with E-state index in [0.717, 1.165) is 35.1 Å². The minimum atomic E-state index is -4.62. The number of pyridine rings is 2. The normalized spacial score (nSPS) is 11.8. The first kappa shape index (κ1) is 23.9. The number of rotatable bonds is 9. The zero-order valence-corrected chi connectivity index (χ0v) is 20.1. The second-order valence-corrected chi connectivity index (χ2v) is 9.70. The number of benzene rings is 1. The average molecular weight is 506 g/mol. The van der Waals surface area contributed by atoms with Gasteiger partial charge in [-0.3, -0.25) is 5.73 Å². The van der Waals surface area contributed by atoms with Crippen LogP contribution in [0.1, 0.15) is 22.4 Å². The number of hydrogen-bond acceptors (Lipinski definition) is 6. The molecule has 4 heterocycles. The fourth-order valence-corrected chi connectivity index (χ4v) is 4.26. The first-order chi connectivity index (χ1) is 17.3. The summed E-state index contributed by atoms with van der Waals surface area (Å²) in [7, 11) is -4.62. The quantitative estimate of drug-likeness (QED) is 0.175. The highest BCUT2D eigenvalue weighted by Gasteiger charge is 2.20. The molecule has 0 saturated heterocycles. The Morgan fingerprint density at radius 2 is 1.83 bits per heavy atom. The highest BCUT2D eigenvalue weighted by atomic mass is 31.2. The fourth-order valence-electron chi connectivity index (χ4n) is 3.99. The Bertz CT molecular complexity index is 1540. The lowest BCUT2D eigenvalue weighted by Gasteiger charge is -2.07. The summed E-state index contributed by atoms with van der Waals surface area (Å²) in [4.78, 5) is 25.4. The van der Waals surface area contributed by atoms with E-state index in [2.05, 4.69) is 50.0 Å². The van der Waals surface area contributed by atoms with Gasteiger partial charge in [0.2, 0.25) is 6.73 Å². The Labute approximate surface area is 206 Å². The molecule has 1 aromatic carbocycles. The van der Waals surface area contributed by atoms with Crippen molar-refractivity contribution in [2.45, 2.75) is 26.0 Å². The van der Waals surface area contributed by atoms with Crippen molar-refractivity contribution in [1.82, 2.24) is 15.1 Å². The second-order valence-electron chi connectivity index (χ2n) is 8.46. The number of phosphoric acid groups is 1. The number of anilines is 1. The topological polar surface area (TPSA) is 151 Å². The molecule has 0 spiro atoms. The molecule has 5 aromatic rings. The van der Waals surface area contributed by atoms with E-state index in [1.165, 1.54) is 15.7 Å².